The highest BCUT2D eigenvalue weighted by Crippen LogP contribution is 2.47. The molecule has 228 valence electrons. The highest BCUT2D eigenvalue weighted by atomic mass is 32.1. The number of likely N-dealkylation sites (tertiary alicyclic amines) is 1. The van der Waals surface area contributed by atoms with Crippen LogP contribution in [0.25, 0.3) is 32.2 Å². The van der Waals surface area contributed by atoms with Gasteiger partial charge in [0.1, 0.15) is 35.2 Å². The van der Waals surface area contributed by atoms with Gasteiger partial charge >= 0.3 is 6.01 Å². The molecule has 7 heterocycles. The van der Waals surface area contributed by atoms with E-state index in [-0.39, 0.29) is 75.3 Å². The van der Waals surface area contributed by atoms with Crippen molar-refractivity contribution in [2.24, 2.45) is 0 Å². The Morgan fingerprint density at radius 1 is 1.16 bits per heavy atom. The predicted octanol–water partition coefficient (Wildman–Crippen LogP) is 4.03. The Morgan fingerprint density at radius 2 is 1.93 bits per heavy atom. The van der Waals surface area contributed by atoms with E-state index in [1.165, 1.54) is 0 Å². The van der Waals surface area contributed by atoms with Crippen molar-refractivity contribution in [2.75, 3.05) is 43.9 Å². The van der Waals surface area contributed by atoms with Gasteiger partial charge in [0.2, 0.25) is 0 Å². The van der Waals surface area contributed by atoms with Crippen LogP contribution >= 0.6 is 11.3 Å². The summed E-state index contributed by atoms with van der Waals surface area (Å²) in [6.45, 7) is 2.44. The lowest BCUT2D eigenvalue weighted by molar-refractivity contribution is 0.135. The number of thiophene rings is 1. The number of halogens is 3. The molecule has 3 fully saturated rings. The zero-order valence-corrected chi connectivity index (χ0v) is 24.7. The number of hydrogen-bond donors (Lipinski definition) is 2. The van der Waals surface area contributed by atoms with E-state index < -0.39 is 23.8 Å². The summed E-state index contributed by atoms with van der Waals surface area (Å²) >= 11 is 0.925. The number of benzene rings is 1. The van der Waals surface area contributed by atoms with Crippen LogP contribution in [0.4, 0.5) is 24.0 Å². The van der Waals surface area contributed by atoms with Crippen molar-refractivity contribution >= 4 is 43.1 Å². The molecule has 44 heavy (non-hydrogen) atoms. The second-order valence-corrected chi connectivity index (χ2v) is 13.0. The molecule has 4 aliphatic heterocycles. The Balaban J connectivity index is 1.37. The average Bonchev–Trinajstić information content (AvgIpc) is 3.77. The van der Waals surface area contributed by atoms with Crippen LogP contribution in [0, 0.1) is 23.0 Å². The van der Waals surface area contributed by atoms with E-state index in [9.17, 15) is 14.0 Å². The number of nitriles is 1. The van der Waals surface area contributed by atoms with Crippen LogP contribution < -0.4 is 20.7 Å². The van der Waals surface area contributed by atoms with Gasteiger partial charge in [-0.05, 0) is 37.4 Å². The number of nitrogens with one attached hydrogen (secondary N) is 1. The molecule has 8 rings (SSSR count). The fourth-order valence-electron chi connectivity index (χ4n) is 7.36. The molecule has 10 nitrogen and oxygen atoms in total. The number of pyridine rings is 1. The van der Waals surface area contributed by atoms with Gasteiger partial charge in [0, 0.05) is 42.7 Å². The second kappa shape index (κ2) is 10.4. The van der Waals surface area contributed by atoms with Crippen LogP contribution in [0.3, 0.4) is 0 Å². The Kier molecular flexibility index (Phi) is 6.56. The molecule has 14 heteroatoms. The minimum absolute atomic E-state index is 0.0133. The molecule has 0 saturated carbocycles. The molecule has 1 aromatic carbocycles. The summed E-state index contributed by atoms with van der Waals surface area (Å²) in [5, 5.41) is 14.2. The largest absolute Gasteiger partial charge is 0.462 e. The molecule has 0 spiro atoms. The van der Waals surface area contributed by atoms with E-state index in [2.05, 4.69) is 20.2 Å². The van der Waals surface area contributed by atoms with Crippen LogP contribution in [0.1, 0.15) is 36.0 Å². The number of nitrogens with zero attached hydrogens (tertiary/aromatic N) is 6. The van der Waals surface area contributed by atoms with Gasteiger partial charge in [-0.2, -0.15) is 15.2 Å². The number of fused-ring (bicyclic) bond motifs is 6. The van der Waals surface area contributed by atoms with Crippen LogP contribution in [-0.2, 0) is 18.0 Å². The maximum atomic E-state index is 17.1. The number of nitrogen functional groups attached to an aromatic ring is 1. The first kappa shape index (κ1) is 27.8. The minimum atomic E-state index is -1.05. The number of nitrogens with two attached hydrogens (primary N) is 1. The Morgan fingerprint density at radius 3 is 2.66 bits per heavy atom. The molecular weight excluding hydrogens is 593 g/mol. The molecule has 3 aromatic heterocycles. The van der Waals surface area contributed by atoms with Gasteiger partial charge in [-0.15, -0.1) is 11.3 Å². The molecular formula is C30H29F3N8O2S. The Hall–Kier alpha value is -3.77. The summed E-state index contributed by atoms with van der Waals surface area (Å²) in [7, 11) is 1.84. The van der Waals surface area contributed by atoms with Gasteiger partial charge in [0.05, 0.1) is 46.8 Å². The van der Waals surface area contributed by atoms with E-state index in [0.717, 1.165) is 49.0 Å². The topological polar surface area (TPSA) is 125 Å². The van der Waals surface area contributed by atoms with Crippen molar-refractivity contribution in [3.63, 3.8) is 0 Å². The summed E-state index contributed by atoms with van der Waals surface area (Å²) in [6.07, 6.45) is 2.31. The lowest BCUT2D eigenvalue weighted by Crippen LogP contribution is -2.52. The van der Waals surface area contributed by atoms with Crippen molar-refractivity contribution in [3.8, 4) is 23.3 Å². The van der Waals surface area contributed by atoms with Gasteiger partial charge in [-0.3, -0.25) is 9.88 Å². The zero-order chi connectivity index (χ0) is 30.3. The Labute approximate surface area is 254 Å². The summed E-state index contributed by atoms with van der Waals surface area (Å²) in [5.74, 6) is -0.776. The molecule has 4 aliphatic rings. The van der Waals surface area contributed by atoms with Crippen molar-refractivity contribution < 1.29 is 22.6 Å². The molecule has 0 radical (unpaired) electrons. The normalized spacial score (nSPS) is 24.8. The van der Waals surface area contributed by atoms with Gasteiger partial charge in [0.25, 0.3) is 0 Å². The number of hydrogen-bond acceptors (Lipinski definition) is 11. The van der Waals surface area contributed by atoms with E-state index in [1.807, 2.05) is 18.0 Å². The van der Waals surface area contributed by atoms with Gasteiger partial charge < -0.3 is 25.4 Å². The highest BCUT2D eigenvalue weighted by molar-refractivity contribution is 7.23. The maximum Gasteiger partial charge on any atom is 0.319 e. The summed E-state index contributed by atoms with van der Waals surface area (Å²) in [4.78, 5) is 17.9. The lowest BCUT2D eigenvalue weighted by Gasteiger charge is -2.37. The molecule has 0 aliphatic carbocycles. The summed E-state index contributed by atoms with van der Waals surface area (Å²) in [5.41, 5.74) is 7.61. The molecule has 4 aromatic rings. The van der Waals surface area contributed by atoms with Crippen LogP contribution in [0.5, 0.6) is 6.01 Å². The Bertz CT molecular complexity index is 1850. The zero-order valence-electron chi connectivity index (χ0n) is 23.9. The second-order valence-electron chi connectivity index (χ2n) is 11.9. The highest BCUT2D eigenvalue weighted by Gasteiger charge is 2.41. The first-order valence-electron chi connectivity index (χ1n) is 14.7. The molecule has 3 N–H and O–H groups in total. The van der Waals surface area contributed by atoms with E-state index in [0.29, 0.717) is 29.7 Å². The van der Waals surface area contributed by atoms with Gasteiger partial charge in [-0.1, -0.05) is 0 Å². The van der Waals surface area contributed by atoms with Crippen LogP contribution in [0.2, 0.25) is 0 Å². The lowest BCUT2D eigenvalue weighted by atomic mass is 9.93. The van der Waals surface area contributed by atoms with Crippen molar-refractivity contribution in [2.45, 2.75) is 56.8 Å². The number of ether oxygens (including phenoxy) is 2. The molecule has 0 amide bonds. The fourth-order valence-corrected chi connectivity index (χ4v) is 8.28. The number of likely N-dealkylation sites (N-methyl/N-ethyl adjacent to an activating group) is 1. The third-order valence-electron chi connectivity index (χ3n) is 9.55. The van der Waals surface area contributed by atoms with Gasteiger partial charge in [0.15, 0.2) is 11.6 Å². The standard InChI is InChI=1S/C30H29F3N8O2S/c1-40-5-4-18(31)20(40)12-43-30-38-26-23(29(39-30)41-13-2-3-14(41)8-36-7-13)17-11-42-10-16(17)21(24(26)33)25-22-15(6-34)28(35)44-27(22)19(32)9-37-25/h9,13-14,18,20,36H,2-5,7-8,10-12,35H2,1H3/t13?,14?,18-,20+/m0/s1. The van der Waals surface area contributed by atoms with E-state index in [4.69, 9.17) is 20.2 Å². The minimum Gasteiger partial charge on any atom is -0.462 e. The number of alkyl halides is 1. The van der Waals surface area contributed by atoms with Crippen molar-refractivity contribution in [3.05, 3.63) is 34.5 Å². The summed E-state index contributed by atoms with van der Waals surface area (Å²) < 4.78 is 58.7. The van der Waals surface area contributed by atoms with Crippen molar-refractivity contribution in [1.82, 2.24) is 25.2 Å². The van der Waals surface area contributed by atoms with Crippen LogP contribution in [-0.4, -0.2) is 77.4 Å². The smallest absolute Gasteiger partial charge is 0.319 e. The number of aromatic nitrogens is 3. The number of piperazine rings is 1. The SMILES string of the molecule is CN1CC[C@H](F)[C@H]1COc1nc(N2C3CCC2CNC3)c2c3c(c(-c4ncc(F)c5sc(N)c(C#N)c45)c(F)c2n1)COC3. The fraction of sp³-hybridized carbons (Fsp3) is 0.467. The first-order chi connectivity index (χ1) is 21.4. The van der Waals surface area contributed by atoms with Crippen LogP contribution in [0.15, 0.2) is 6.20 Å². The third kappa shape index (κ3) is 4.06. The number of rotatable bonds is 5. The maximum absolute atomic E-state index is 17.1. The molecule has 2 unspecified atom stereocenters. The predicted molar refractivity (Wildman–Crippen MR) is 159 cm³/mol. The molecule has 3 saturated heterocycles. The van der Waals surface area contributed by atoms with E-state index in [1.54, 1.807) is 0 Å². The average molecular weight is 623 g/mol. The molecule has 2 bridgehead atoms. The monoisotopic (exact) mass is 622 g/mol. The number of anilines is 2. The quantitative estimate of drug-likeness (QED) is 0.337. The summed E-state index contributed by atoms with van der Waals surface area (Å²) in [6, 6.07) is 1.84. The van der Waals surface area contributed by atoms with E-state index >= 15 is 4.39 Å². The van der Waals surface area contributed by atoms with Crippen molar-refractivity contribution in [1.29, 1.82) is 5.26 Å². The third-order valence-corrected chi connectivity index (χ3v) is 10.6. The first-order valence-corrected chi connectivity index (χ1v) is 15.5. The van der Waals surface area contributed by atoms with Gasteiger partial charge in [-0.25, -0.2) is 13.2 Å². The molecule has 4 atom stereocenters.